The van der Waals surface area contributed by atoms with Crippen molar-refractivity contribution in [2.75, 3.05) is 44.2 Å². The van der Waals surface area contributed by atoms with E-state index in [9.17, 15) is 54.0 Å². The number of oxime groups is 1. The number of anilines is 1. The van der Waals surface area contributed by atoms with E-state index < -0.39 is 82.2 Å². The number of phenolic OH excluding ortho intramolecular Hbond substituents is 2. The number of pyridine rings is 1. The van der Waals surface area contributed by atoms with Crippen molar-refractivity contribution in [1.82, 2.24) is 25.1 Å². The summed E-state index contributed by atoms with van der Waals surface area (Å²) in [6.07, 6.45) is 0.0412. The van der Waals surface area contributed by atoms with Crippen LogP contribution in [-0.2, 0) is 35.4 Å². The number of nitrogen functional groups attached to an aromatic ring is 1. The number of likely N-dealkylation sites (tertiary alicyclic amines) is 1. The van der Waals surface area contributed by atoms with Gasteiger partial charge in [-0.1, -0.05) is 16.8 Å². The number of carboxylic acid groups (broad SMARTS) is 3. The first-order valence-electron chi connectivity index (χ1n) is 18.0. The number of quaternary nitrogens is 1. The molecule has 0 saturated carbocycles. The van der Waals surface area contributed by atoms with Crippen molar-refractivity contribution >= 4 is 92.1 Å². The van der Waals surface area contributed by atoms with Crippen molar-refractivity contribution in [3.63, 3.8) is 0 Å². The number of aromatic hydroxyl groups is 2. The Morgan fingerprint density at radius 1 is 1.15 bits per heavy atom. The summed E-state index contributed by atoms with van der Waals surface area (Å²) in [5.41, 5.74) is 4.46. The summed E-state index contributed by atoms with van der Waals surface area (Å²) < 4.78 is 1.93. The van der Waals surface area contributed by atoms with Crippen LogP contribution in [0.5, 0.6) is 11.5 Å². The van der Waals surface area contributed by atoms with E-state index in [1.807, 2.05) is 0 Å². The third-order valence-corrected chi connectivity index (χ3v) is 12.6. The SMILES string of the molecule is CCn1cc(C(=O)NCC[N+]2(CC3=C(C(=O)O)N4C(=O)[C@@H](NC(=O)C(=NO[C@@H](CC(=O)O)C(=O)O)c5csc(N)n5)[C@H]4SC3)CCCC2)c(=O)c2c(Cl)c(O)c(O)cc21.[Na+]. The molecule has 0 unspecified atom stereocenters. The molecule has 0 radical (unpaired) electrons. The number of carbonyl (C=O) groups is 6. The standard InChI is InChI=1S/C35H37ClN8O13S2.Na/c1-2-42-11-16(27(48)22-18(42)9-19(45)28(49)23(22)36)29(50)38-5-8-44(6-3-4-7-44)12-15-13-58-32-25(31(52)43(32)26(15)34(55)56)40-30(51)24(17-14-59-35(37)39-17)41-57-20(33(53)54)10-21(46)47;/h9,11,14,20,25,32H,2-8,10,12-13H2,1H3,(H8-,37,38,39,40,41,45,46,47,48,49,50,51,53,54,55,56);/q;+1/p+1/t20-,25+,32+;/m0./s1. The first kappa shape index (κ1) is 46.2. The number of fused-ring (bicyclic) bond motifs is 2. The first-order valence-corrected chi connectivity index (χ1v) is 20.3. The van der Waals surface area contributed by atoms with Gasteiger partial charge in [-0.05, 0) is 6.92 Å². The van der Waals surface area contributed by atoms with E-state index in [1.165, 1.54) is 29.4 Å². The number of halogens is 1. The molecule has 2 fully saturated rings. The van der Waals surface area contributed by atoms with Gasteiger partial charge in [0.15, 0.2) is 22.3 Å². The van der Waals surface area contributed by atoms with Gasteiger partial charge < -0.3 is 55.8 Å². The maximum absolute atomic E-state index is 13.6. The topological polar surface area (TPSA) is 313 Å². The molecule has 3 aliphatic rings. The number of thiazole rings is 1. The average Bonchev–Trinajstić information content (AvgIpc) is 3.83. The second kappa shape index (κ2) is 18.8. The number of nitrogens with two attached hydrogens (primary N) is 1. The second-order valence-electron chi connectivity index (χ2n) is 13.9. The Kier molecular flexibility index (Phi) is 14.5. The maximum Gasteiger partial charge on any atom is 1.00 e. The van der Waals surface area contributed by atoms with Crippen molar-refractivity contribution in [2.45, 2.75) is 50.3 Å². The number of hydrogen-bond donors (Lipinski definition) is 8. The van der Waals surface area contributed by atoms with Gasteiger partial charge in [-0.3, -0.25) is 28.9 Å². The quantitative estimate of drug-likeness (QED) is 0.0185. The largest absolute Gasteiger partial charge is 1.00 e. The van der Waals surface area contributed by atoms with Crippen molar-refractivity contribution in [1.29, 1.82) is 0 Å². The molecule has 60 heavy (non-hydrogen) atoms. The zero-order chi connectivity index (χ0) is 42.9. The first-order chi connectivity index (χ1) is 28.0. The number of phenols is 2. The molecular formula is C35H38ClN8NaO13S2+2. The van der Waals surface area contributed by atoms with Crippen LogP contribution in [0, 0.1) is 0 Å². The number of aryl methyl sites for hydroxylation is 1. The van der Waals surface area contributed by atoms with Crippen molar-refractivity contribution in [2.24, 2.45) is 5.16 Å². The Morgan fingerprint density at radius 3 is 2.45 bits per heavy atom. The number of aromatic nitrogens is 2. The Balaban J connectivity index is 0.00000683. The summed E-state index contributed by atoms with van der Waals surface area (Å²) in [6.45, 7) is 4.04. The number of benzene rings is 1. The van der Waals surface area contributed by atoms with Gasteiger partial charge in [0.1, 0.15) is 34.9 Å². The molecule has 0 bridgehead atoms. The molecule has 3 aromatic rings. The van der Waals surface area contributed by atoms with Crippen LogP contribution >= 0.6 is 34.7 Å². The molecule has 21 nitrogen and oxygen atoms in total. The molecule has 3 atom stereocenters. The summed E-state index contributed by atoms with van der Waals surface area (Å²) in [6, 6.07) is -0.0447. The predicted molar refractivity (Wildman–Crippen MR) is 211 cm³/mol. The van der Waals surface area contributed by atoms with E-state index in [0.29, 0.717) is 36.2 Å². The Morgan fingerprint density at radius 2 is 1.85 bits per heavy atom. The summed E-state index contributed by atoms with van der Waals surface area (Å²) in [7, 11) is 0. The van der Waals surface area contributed by atoms with Crippen LogP contribution < -0.4 is 51.4 Å². The van der Waals surface area contributed by atoms with Crippen molar-refractivity contribution < 1.29 is 93.2 Å². The third kappa shape index (κ3) is 9.21. The molecule has 3 amide bonds. The number of hydrogen-bond acceptors (Lipinski definition) is 15. The van der Waals surface area contributed by atoms with Crippen molar-refractivity contribution in [3.05, 3.63) is 55.4 Å². The van der Waals surface area contributed by atoms with E-state index in [1.54, 1.807) is 11.5 Å². The fourth-order valence-electron chi connectivity index (χ4n) is 7.33. The number of nitrogens with one attached hydrogen (secondary N) is 2. The zero-order valence-corrected chi connectivity index (χ0v) is 36.4. The second-order valence-corrected chi connectivity index (χ2v) is 16.3. The van der Waals surface area contributed by atoms with Gasteiger partial charge in [0.2, 0.25) is 11.5 Å². The van der Waals surface area contributed by atoms with E-state index >= 15 is 0 Å². The predicted octanol–water partition coefficient (Wildman–Crippen LogP) is -2.44. The molecule has 0 spiro atoms. The zero-order valence-electron chi connectivity index (χ0n) is 32.0. The molecule has 1 aromatic carbocycles. The number of carboxylic acids is 3. The van der Waals surface area contributed by atoms with E-state index in [2.05, 4.69) is 20.8 Å². The number of amides is 3. The Hall–Kier alpha value is -4.91. The minimum absolute atomic E-state index is 0. The monoisotopic (exact) mass is 900 g/mol. The van der Waals surface area contributed by atoms with Gasteiger partial charge in [0.25, 0.3) is 17.7 Å². The molecule has 2 aromatic heterocycles. The van der Waals surface area contributed by atoms with Gasteiger partial charge in [-0.15, -0.1) is 23.1 Å². The smallest absolute Gasteiger partial charge is 0.504 e. The number of carbonyl (C=O) groups excluding carboxylic acids is 3. The van der Waals surface area contributed by atoms with Gasteiger partial charge in [-0.2, -0.15) is 0 Å². The number of rotatable bonds is 16. The molecular weight excluding hydrogens is 863 g/mol. The molecule has 0 aliphatic carbocycles. The maximum atomic E-state index is 13.6. The number of nitrogens with zero attached hydrogens (tertiary/aromatic N) is 5. The van der Waals surface area contributed by atoms with Crippen LogP contribution in [0.1, 0.15) is 42.2 Å². The van der Waals surface area contributed by atoms with Gasteiger partial charge in [0, 0.05) is 48.4 Å². The van der Waals surface area contributed by atoms with Crippen LogP contribution in [0.2, 0.25) is 5.02 Å². The number of β-lactam (4-membered cyclic amide) rings is 1. The van der Waals surface area contributed by atoms with E-state index in [4.69, 9.17) is 27.3 Å². The molecule has 25 heteroatoms. The van der Waals surface area contributed by atoms with Crippen LogP contribution in [-0.4, -0.2) is 142 Å². The average molecular weight is 901 g/mol. The van der Waals surface area contributed by atoms with Crippen LogP contribution in [0.3, 0.4) is 0 Å². The molecule has 6 rings (SSSR count). The van der Waals surface area contributed by atoms with Gasteiger partial charge in [0.05, 0.1) is 48.5 Å². The van der Waals surface area contributed by atoms with Gasteiger partial charge >= 0.3 is 47.5 Å². The summed E-state index contributed by atoms with van der Waals surface area (Å²) >= 11 is 8.36. The fourth-order valence-corrected chi connectivity index (χ4v) is 9.49. The van der Waals surface area contributed by atoms with Crippen LogP contribution in [0.15, 0.2) is 38.9 Å². The number of aliphatic carboxylic acids is 3. The van der Waals surface area contributed by atoms with Crippen molar-refractivity contribution in [3.8, 4) is 11.5 Å². The third-order valence-electron chi connectivity index (χ3n) is 10.2. The molecule has 314 valence electrons. The summed E-state index contributed by atoms with van der Waals surface area (Å²) in [4.78, 5) is 99.2. The molecule has 3 aliphatic heterocycles. The minimum Gasteiger partial charge on any atom is -0.504 e. The molecule has 5 heterocycles. The summed E-state index contributed by atoms with van der Waals surface area (Å²) in [5.74, 6) is -8.03. The van der Waals surface area contributed by atoms with Gasteiger partial charge in [-0.25, -0.2) is 14.6 Å². The molecule has 9 N–H and O–H groups in total. The van der Waals surface area contributed by atoms with E-state index in [0.717, 1.165) is 29.1 Å². The summed E-state index contributed by atoms with van der Waals surface area (Å²) in [5, 5.41) is 57.8. The van der Waals surface area contributed by atoms with Crippen LogP contribution in [0.4, 0.5) is 5.13 Å². The normalized spacial score (nSPS) is 18.9. The number of thioether (sulfide) groups is 1. The van der Waals surface area contributed by atoms with E-state index in [-0.39, 0.29) is 86.4 Å². The fraction of sp³-hybridized carbons (Fsp3) is 0.400. The van der Waals surface area contributed by atoms with Crippen LogP contribution in [0.25, 0.3) is 10.9 Å². The molecule has 2 saturated heterocycles. The minimum atomic E-state index is -1.96. The Bertz CT molecular complexity index is 2400. The Labute approximate surface area is 374 Å².